The van der Waals surface area contributed by atoms with Gasteiger partial charge < -0.3 is 25.0 Å². The van der Waals surface area contributed by atoms with Gasteiger partial charge in [-0.05, 0) is 36.3 Å². The summed E-state index contributed by atoms with van der Waals surface area (Å²) in [5, 5.41) is 11.7. The van der Waals surface area contributed by atoms with Gasteiger partial charge >= 0.3 is 12.1 Å². The molecule has 2 aliphatic rings. The van der Waals surface area contributed by atoms with E-state index in [0.717, 1.165) is 28.8 Å². The number of ether oxygens (including phenoxy) is 1. The number of amides is 2. The number of hydrogen-bond donors (Lipinski definition) is 2. The van der Waals surface area contributed by atoms with Gasteiger partial charge in [0.2, 0.25) is 5.91 Å². The SMILES string of the molecule is CN(C)CC1CN(C(=O)C(CC(=O)O)NC(=O)OCC2c3ccccc3-c3ccccc32)C1. The molecular weight excluding hydrogens is 422 g/mol. The Morgan fingerprint density at radius 1 is 1.06 bits per heavy atom. The molecule has 174 valence electrons. The number of carboxylic acid groups (broad SMARTS) is 1. The Hall–Kier alpha value is -3.39. The molecule has 1 aliphatic carbocycles. The van der Waals surface area contributed by atoms with E-state index < -0.39 is 24.5 Å². The molecule has 1 aliphatic heterocycles. The fourth-order valence-electron chi connectivity index (χ4n) is 4.76. The molecule has 0 aromatic heterocycles. The molecule has 8 nitrogen and oxygen atoms in total. The van der Waals surface area contributed by atoms with Crippen molar-refractivity contribution >= 4 is 18.0 Å². The number of aliphatic carboxylic acids is 1. The Bertz CT molecular complexity index is 1000. The molecule has 1 atom stereocenters. The second kappa shape index (κ2) is 9.62. The van der Waals surface area contributed by atoms with Crippen molar-refractivity contribution in [2.45, 2.75) is 18.4 Å². The minimum Gasteiger partial charge on any atom is -0.481 e. The number of likely N-dealkylation sites (tertiary alicyclic amines) is 1. The van der Waals surface area contributed by atoms with Crippen LogP contribution in [0.5, 0.6) is 0 Å². The maximum atomic E-state index is 12.8. The summed E-state index contributed by atoms with van der Waals surface area (Å²) in [6.45, 7) is 2.06. The van der Waals surface area contributed by atoms with Crippen LogP contribution in [0.3, 0.4) is 0 Å². The van der Waals surface area contributed by atoms with Gasteiger partial charge in [-0.2, -0.15) is 0 Å². The molecule has 1 heterocycles. The smallest absolute Gasteiger partial charge is 0.407 e. The third-order valence-electron chi connectivity index (χ3n) is 6.20. The summed E-state index contributed by atoms with van der Waals surface area (Å²) in [7, 11) is 3.94. The van der Waals surface area contributed by atoms with Crippen LogP contribution in [0.15, 0.2) is 48.5 Å². The van der Waals surface area contributed by atoms with Crippen LogP contribution in [0.1, 0.15) is 23.5 Å². The van der Waals surface area contributed by atoms with Gasteiger partial charge in [-0.25, -0.2) is 4.79 Å². The average molecular weight is 452 g/mol. The van der Waals surface area contributed by atoms with E-state index in [9.17, 15) is 19.5 Å². The summed E-state index contributed by atoms with van der Waals surface area (Å²) < 4.78 is 5.49. The summed E-state index contributed by atoms with van der Waals surface area (Å²) in [5.41, 5.74) is 4.39. The van der Waals surface area contributed by atoms with Crippen LogP contribution >= 0.6 is 0 Å². The van der Waals surface area contributed by atoms with Crippen molar-refractivity contribution in [3.63, 3.8) is 0 Å². The maximum absolute atomic E-state index is 12.8. The van der Waals surface area contributed by atoms with Crippen LogP contribution in [-0.2, 0) is 14.3 Å². The van der Waals surface area contributed by atoms with Crippen molar-refractivity contribution in [1.29, 1.82) is 0 Å². The molecule has 33 heavy (non-hydrogen) atoms. The van der Waals surface area contributed by atoms with Gasteiger partial charge in [0.1, 0.15) is 12.6 Å². The largest absolute Gasteiger partial charge is 0.481 e. The van der Waals surface area contributed by atoms with Crippen molar-refractivity contribution in [2.75, 3.05) is 40.3 Å². The minimum absolute atomic E-state index is 0.0997. The lowest BCUT2D eigenvalue weighted by Crippen LogP contribution is -2.59. The van der Waals surface area contributed by atoms with Gasteiger partial charge in [-0.1, -0.05) is 48.5 Å². The third-order valence-corrected chi connectivity index (χ3v) is 6.20. The van der Waals surface area contributed by atoms with E-state index >= 15 is 0 Å². The van der Waals surface area contributed by atoms with Gasteiger partial charge in [-0.15, -0.1) is 0 Å². The number of nitrogens with zero attached hydrogens (tertiary/aromatic N) is 2. The van der Waals surface area contributed by atoms with Crippen molar-refractivity contribution in [3.05, 3.63) is 59.7 Å². The van der Waals surface area contributed by atoms with Crippen molar-refractivity contribution in [2.24, 2.45) is 5.92 Å². The quantitative estimate of drug-likeness (QED) is 0.640. The molecule has 1 fully saturated rings. The highest BCUT2D eigenvalue weighted by atomic mass is 16.5. The molecule has 0 bridgehead atoms. The molecule has 1 unspecified atom stereocenters. The van der Waals surface area contributed by atoms with Crippen LogP contribution in [0, 0.1) is 5.92 Å². The summed E-state index contributed by atoms with van der Waals surface area (Å²) in [5.74, 6) is -1.30. The standard InChI is InChI=1S/C25H29N3O5/c1-27(2)12-16-13-28(14-16)24(31)22(11-23(29)30)26-25(32)33-15-21-19-9-5-3-7-17(19)18-8-4-6-10-20(18)21/h3-10,16,21-22H,11-15H2,1-2H3,(H,26,32)(H,29,30). The van der Waals surface area contributed by atoms with Crippen LogP contribution in [-0.4, -0.2) is 79.3 Å². The minimum atomic E-state index is -1.15. The average Bonchev–Trinajstić information content (AvgIpc) is 3.07. The van der Waals surface area contributed by atoms with Crippen molar-refractivity contribution < 1.29 is 24.2 Å². The highest BCUT2D eigenvalue weighted by molar-refractivity contribution is 5.89. The molecular formula is C25H29N3O5. The first-order valence-corrected chi connectivity index (χ1v) is 11.1. The summed E-state index contributed by atoms with van der Waals surface area (Å²) in [4.78, 5) is 40.3. The topological polar surface area (TPSA) is 99.2 Å². The van der Waals surface area contributed by atoms with Crippen LogP contribution in [0.2, 0.25) is 0 Å². The molecule has 2 aromatic rings. The Labute approximate surface area is 193 Å². The fraction of sp³-hybridized carbons (Fsp3) is 0.400. The first-order chi connectivity index (χ1) is 15.8. The number of carboxylic acids is 1. The maximum Gasteiger partial charge on any atom is 0.407 e. The van der Waals surface area contributed by atoms with E-state index in [0.29, 0.717) is 19.0 Å². The lowest BCUT2D eigenvalue weighted by molar-refractivity contribution is -0.145. The van der Waals surface area contributed by atoms with E-state index in [1.165, 1.54) is 0 Å². The van der Waals surface area contributed by atoms with Gasteiger partial charge in [0.05, 0.1) is 6.42 Å². The van der Waals surface area contributed by atoms with Gasteiger partial charge in [0.25, 0.3) is 0 Å². The molecule has 2 aromatic carbocycles. The zero-order valence-corrected chi connectivity index (χ0v) is 18.9. The number of benzene rings is 2. The number of fused-ring (bicyclic) bond motifs is 3. The van der Waals surface area contributed by atoms with E-state index in [1.54, 1.807) is 4.90 Å². The molecule has 1 saturated heterocycles. The van der Waals surface area contributed by atoms with E-state index in [1.807, 2.05) is 62.6 Å². The van der Waals surface area contributed by atoms with Gasteiger partial charge in [-0.3, -0.25) is 9.59 Å². The number of hydrogen-bond acceptors (Lipinski definition) is 5. The third kappa shape index (κ3) is 5.01. The van der Waals surface area contributed by atoms with Crippen molar-refractivity contribution in [1.82, 2.24) is 15.1 Å². The molecule has 0 radical (unpaired) electrons. The van der Waals surface area contributed by atoms with Gasteiger partial charge in [0, 0.05) is 31.5 Å². The van der Waals surface area contributed by atoms with Crippen LogP contribution in [0.25, 0.3) is 11.1 Å². The van der Waals surface area contributed by atoms with Gasteiger partial charge in [0.15, 0.2) is 0 Å². The predicted molar refractivity (Wildman–Crippen MR) is 123 cm³/mol. The molecule has 8 heteroatoms. The normalized spacial score (nSPS) is 16.0. The first-order valence-electron chi connectivity index (χ1n) is 11.1. The molecule has 4 rings (SSSR count). The lowest BCUT2D eigenvalue weighted by Gasteiger charge is -2.42. The number of alkyl carbamates (subject to hydrolysis) is 1. The first kappa shape index (κ1) is 22.8. The number of rotatable bonds is 8. The highest BCUT2D eigenvalue weighted by Gasteiger charge is 2.36. The summed E-state index contributed by atoms with van der Waals surface area (Å²) in [6.07, 6.45) is -1.28. The summed E-state index contributed by atoms with van der Waals surface area (Å²) >= 11 is 0. The summed E-state index contributed by atoms with van der Waals surface area (Å²) in [6, 6.07) is 14.8. The molecule has 2 amide bonds. The molecule has 2 N–H and O–H groups in total. The second-order valence-corrected chi connectivity index (χ2v) is 8.99. The second-order valence-electron chi connectivity index (χ2n) is 8.99. The van der Waals surface area contributed by atoms with Crippen LogP contribution < -0.4 is 5.32 Å². The van der Waals surface area contributed by atoms with E-state index in [-0.39, 0.29) is 18.4 Å². The van der Waals surface area contributed by atoms with E-state index in [2.05, 4.69) is 10.2 Å². The van der Waals surface area contributed by atoms with E-state index in [4.69, 9.17) is 4.74 Å². The Kier molecular flexibility index (Phi) is 6.65. The predicted octanol–water partition coefficient (Wildman–Crippen LogP) is 2.39. The Morgan fingerprint density at radius 3 is 2.18 bits per heavy atom. The van der Waals surface area contributed by atoms with Crippen molar-refractivity contribution in [3.8, 4) is 11.1 Å². The zero-order chi connectivity index (χ0) is 23.5. The monoisotopic (exact) mass is 451 g/mol. The highest BCUT2D eigenvalue weighted by Crippen LogP contribution is 2.44. The number of carbonyl (C=O) groups is 3. The zero-order valence-electron chi connectivity index (χ0n) is 18.9. The lowest BCUT2D eigenvalue weighted by atomic mass is 9.98. The Morgan fingerprint density at radius 2 is 1.64 bits per heavy atom. The molecule has 0 spiro atoms. The number of carbonyl (C=O) groups excluding carboxylic acids is 2. The van der Waals surface area contributed by atoms with Crippen LogP contribution in [0.4, 0.5) is 4.79 Å². The number of nitrogens with one attached hydrogen (secondary N) is 1. The molecule has 0 saturated carbocycles. The Balaban J connectivity index is 1.37. The fourth-order valence-corrected chi connectivity index (χ4v) is 4.76.